The van der Waals surface area contributed by atoms with E-state index in [9.17, 15) is 0 Å². The molecule has 0 radical (unpaired) electrons. The summed E-state index contributed by atoms with van der Waals surface area (Å²) in [5.41, 5.74) is 0. The van der Waals surface area contributed by atoms with E-state index in [0.717, 1.165) is 6.61 Å². The van der Waals surface area contributed by atoms with Gasteiger partial charge in [0, 0.05) is 6.61 Å². The van der Waals surface area contributed by atoms with E-state index in [-0.39, 0.29) is 0 Å². The van der Waals surface area contributed by atoms with Crippen LogP contribution in [0.25, 0.3) is 0 Å². The number of hydrogen-bond acceptors (Lipinski definition) is 1. The summed E-state index contributed by atoms with van der Waals surface area (Å²) < 4.78 is 5.49. The lowest BCUT2D eigenvalue weighted by molar-refractivity contribution is 0.145. The topological polar surface area (TPSA) is 9.23 Å². The Labute approximate surface area is 82.2 Å². The van der Waals surface area contributed by atoms with E-state index in [1.165, 1.54) is 44.9 Å². The van der Waals surface area contributed by atoms with Crippen LogP contribution in [0.3, 0.4) is 0 Å². The normalized spacial score (nSPS) is 23.0. The van der Waals surface area contributed by atoms with Gasteiger partial charge in [0.1, 0.15) is 0 Å². The van der Waals surface area contributed by atoms with Crippen LogP contribution in [0.15, 0.2) is 12.2 Å². The van der Waals surface area contributed by atoms with Crippen LogP contribution in [0.2, 0.25) is 0 Å². The van der Waals surface area contributed by atoms with Crippen molar-refractivity contribution in [1.29, 1.82) is 0 Å². The minimum Gasteiger partial charge on any atom is -0.374 e. The van der Waals surface area contributed by atoms with E-state index in [1.54, 1.807) is 0 Å². The molecular weight excluding hydrogens is 160 g/mol. The summed E-state index contributed by atoms with van der Waals surface area (Å²) in [6, 6.07) is 0. The number of ether oxygens (including phenoxy) is 1. The Hall–Kier alpha value is -0.300. The zero-order valence-corrected chi connectivity index (χ0v) is 8.80. The van der Waals surface area contributed by atoms with Gasteiger partial charge >= 0.3 is 0 Å². The van der Waals surface area contributed by atoms with Crippen LogP contribution in [0.4, 0.5) is 0 Å². The Morgan fingerprint density at radius 1 is 1.31 bits per heavy atom. The second-order valence-electron chi connectivity index (χ2n) is 3.83. The number of hydrogen-bond donors (Lipinski definition) is 0. The molecule has 0 aromatic heterocycles. The van der Waals surface area contributed by atoms with Crippen molar-refractivity contribution < 1.29 is 4.74 Å². The molecule has 76 valence electrons. The third-order valence-electron chi connectivity index (χ3n) is 2.54. The van der Waals surface area contributed by atoms with Crippen LogP contribution in [-0.4, -0.2) is 12.7 Å². The fourth-order valence-corrected chi connectivity index (χ4v) is 1.69. The van der Waals surface area contributed by atoms with Crippen molar-refractivity contribution in [3.63, 3.8) is 0 Å². The highest BCUT2D eigenvalue weighted by Gasteiger charge is 2.10. The van der Waals surface area contributed by atoms with Gasteiger partial charge in [-0.05, 0) is 25.7 Å². The van der Waals surface area contributed by atoms with Crippen molar-refractivity contribution in [3.05, 3.63) is 12.2 Å². The van der Waals surface area contributed by atoms with E-state index in [4.69, 9.17) is 4.74 Å². The molecule has 0 spiro atoms. The van der Waals surface area contributed by atoms with Crippen LogP contribution < -0.4 is 0 Å². The quantitative estimate of drug-likeness (QED) is 0.449. The van der Waals surface area contributed by atoms with Crippen molar-refractivity contribution >= 4 is 0 Å². The maximum atomic E-state index is 5.49. The summed E-state index contributed by atoms with van der Waals surface area (Å²) in [6.45, 7) is 3.22. The standard InChI is InChI=1S/C12H22O/c1-2-3-4-5-6-7-9-12-10-8-11-13-12/h7,9,12H,2-6,8,10-11H2,1H3/b9-7+. The van der Waals surface area contributed by atoms with Gasteiger partial charge in [-0.25, -0.2) is 0 Å². The van der Waals surface area contributed by atoms with Gasteiger partial charge in [0.05, 0.1) is 6.10 Å². The molecule has 1 unspecified atom stereocenters. The third kappa shape index (κ3) is 5.09. The molecule has 0 aromatic rings. The zero-order valence-electron chi connectivity index (χ0n) is 8.80. The molecular formula is C12H22O. The van der Waals surface area contributed by atoms with E-state index >= 15 is 0 Å². The second kappa shape index (κ2) is 7.14. The molecule has 1 aliphatic heterocycles. The van der Waals surface area contributed by atoms with Crippen molar-refractivity contribution in [2.45, 2.75) is 58.0 Å². The van der Waals surface area contributed by atoms with Gasteiger partial charge in [0.2, 0.25) is 0 Å². The first-order chi connectivity index (χ1) is 6.43. The average Bonchev–Trinajstić information content (AvgIpc) is 2.63. The number of unbranched alkanes of at least 4 members (excludes halogenated alkanes) is 4. The first-order valence-electron chi connectivity index (χ1n) is 5.71. The number of allylic oxidation sites excluding steroid dienone is 1. The average molecular weight is 182 g/mol. The summed E-state index contributed by atoms with van der Waals surface area (Å²) in [6.07, 6.45) is 14.1. The van der Waals surface area contributed by atoms with Crippen LogP contribution in [0.1, 0.15) is 51.9 Å². The molecule has 1 aliphatic rings. The van der Waals surface area contributed by atoms with Crippen molar-refractivity contribution in [2.75, 3.05) is 6.61 Å². The molecule has 0 saturated carbocycles. The Morgan fingerprint density at radius 3 is 2.92 bits per heavy atom. The molecule has 0 amide bonds. The predicted octanol–water partition coefficient (Wildman–Crippen LogP) is 3.69. The smallest absolute Gasteiger partial charge is 0.0756 e. The largest absolute Gasteiger partial charge is 0.374 e. The van der Waals surface area contributed by atoms with Gasteiger partial charge in [-0.3, -0.25) is 0 Å². The Bertz CT molecular complexity index is 134. The maximum absolute atomic E-state index is 5.49. The van der Waals surface area contributed by atoms with Gasteiger partial charge in [0.25, 0.3) is 0 Å². The maximum Gasteiger partial charge on any atom is 0.0756 e. The molecule has 1 nitrogen and oxygen atoms in total. The predicted molar refractivity (Wildman–Crippen MR) is 56.9 cm³/mol. The molecule has 1 heterocycles. The molecule has 1 atom stereocenters. The first-order valence-corrected chi connectivity index (χ1v) is 5.71. The highest BCUT2D eigenvalue weighted by molar-refractivity contribution is 4.91. The Balaban J connectivity index is 1.91. The molecule has 1 heteroatoms. The van der Waals surface area contributed by atoms with Crippen LogP contribution in [0.5, 0.6) is 0 Å². The van der Waals surface area contributed by atoms with Gasteiger partial charge < -0.3 is 4.74 Å². The van der Waals surface area contributed by atoms with Gasteiger partial charge in [-0.1, -0.05) is 38.3 Å². The van der Waals surface area contributed by atoms with Gasteiger partial charge in [0.15, 0.2) is 0 Å². The summed E-state index contributed by atoms with van der Waals surface area (Å²) >= 11 is 0. The summed E-state index contributed by atoms with van der Waals surface area (Å²) in [5, 5.41) is 0. The van der Waals surface area contributed by atoms with E-state index in [0.29, 0.717) is 6.10 Å². The highest BCUT2D eigenvalue weighted by Crippen LogP contribution is 2.13. The van der Waals surface area contributed by atoms with E-state index < -0.39 is 0 Å². The highest BCUT2D eigenvalue weighted by atomic mass is 16.5. The molecule has 0 bridgehead atoms. The van der Waals surface area contributed by atoms with Crippen molar-refractivity contribution in [2.24, 2.45) is 0 Å². The van der Waals surface area contributed by atoms with Crippen LogP contribution in [-0.2, 0) is 4.74 Å². The lowest BCUT2D eigenvalue weighted by Crippen LogP contribution is -1.98. The minimum absolute atomic E-state index is 0.436. The summed E-state index contributed by atoms with van der Waals surface area (Å²) in [4.78, 5) is 0. The number of rotatable bonds is 6. The SMILES string of the molecule is CCCCCC/C=C/C1CCCO1. The van der Waals surface area contributed by atoms with E-state index in [1.807, 2.05) is 0 Å². The minimum atomic E-state index is 0.436. The monoisotopic (exact) mass is 182 g/mol. The fraction of sp³-hybridized carbons (Fsp3) is 0.833. The molecule has 0 N–H and O–H groups in total. The first kappa shape index (κ1) is 10.8. The Morgan fingerprint density at radius 2 is 2.23 bits per heavy atom. The van der Waals surface area contributed by atoms with E-state index in [2.05, 4.69) is 19.1 Å². The molecule has 0 aliphatic carbocycles. The molecule has 13 heavy (non-hydrogen) atoms. The molecule has 1 rings (SSSR count). The van der Waals surface area contributed by atoms with Gasteiger partial charge in [-0.2, -0.15) is 0 Å². The van der Waals surface area contributed by atoms with Gasteiger partial charge in [-0.15, -0.1) is 0 Å². The van der Waals surface area contributed by atoms with Crippen LogP contribution >= 0.6 is 0 Å². The second-order valence-corrected chi connectivity index (χ2v) is 3.83. The van der Waals surface area contributed by atoms with Crippen LogP contribution in [0, 0.1) is 0 Å². The van der Waals surface area contributed by atoms with Crippen molar-refractivity contribution in [1.82, 2.24) is 0 Å². The molecule has 1 saturated heterocycles. The Kier molecular flexibility index (Phi) is 5.92. The summed E-state index contributed by atoms with van der Waals surface area (Å²) in [7, 11) is 0. The zero-order chi connectivity index (χ0) is 9.36. The fourth-order valence-electron chi connectivity index (χ4n) is 1.69. The van der Waals surface area contributed by atoms with Crippen molar-refractivity contribution in [3.8, 4) is 0 Å². The lowest BCUT2D eigenvalue weighted by Gasteiger charge is -2.01. The summed E-state index contributed by atoms with van der Waals surface area (Å²) in [5.74, 6) is 0. The lowest BCUT2D eigenvalue weighted by atomic mass is 10.1. The molecule has 1 fully saturated rings. The third-order valence-corrected chi connectivity index (χ3v) is 2.54. The molecule has 0 aromatic carbocycles.